The Kier molecular flexibility index (Phi) is 10.9. The second kappa shape index (κ2) is 16.8. The SMILES string of the molecule is Cc1ncsc1-c1ccc([C@H](C)NC(=O)[C@@H]2C[C@@H](O)CN2C(=O)[C@@H](C(C)C)n2cc(-c3cnc(N4CC[C@H](c5cc6nnc(-c7ccccc7O)cc6n5C5CC5)C4)nc3)nn2)cc1. The number of benzene rings is 2. The van der Waals surface area contributed by atoms with Crippen molar-refractivity contribution in [1.29, 1.82) is 0 Å². The van der Waals surface area contributed by atoms with E-state index < -0.39 is 18.2 Å². The third kappa shape index (κ3) is 7.87. The fraction of sp³-hybridized carbons (Fsp3) is 0.383. The number of β-amino-alcohol motifs (C(OH)–C–C–N with tert-alkyl or cyclic N) is 1. The van der Waals surface area contributed by atoms with Gasteiger partial charge in [0.05, 0.1) is 45.6 Å². The molecule has 5 atom stereocenters. The molecule has 0 unspecified atom stereocenters. The summed E-state index contributed by atoms with van der Waals surface area (Å²) in [5.41, 5.74) is 10.4. The van der Waals surface area contributed by atoms with E-state index in [2.05, 4.69) is 46.3 Å². The number of carbonyl (C=O) groups excluding carboxylic acids is 2. The van der Waals surface area contributed by atoms with Crippen molar-refractivity contribution in [2.45, 2.75) is 89.6 Å². The molecule has 0 bridgehead atoms. The Morgan fingerprint density at radius 2 is 1.67 bits per heavy atom. The summed E-state index contributed by atoms with van der Waals surface area (Å²) in [4.78, 5) is 46.8. The van der Waals surface area contributed by atoms with Crippen LogP contribution in [-0.4, -0.2) is 103 Å². The number of anilines is 1. The molecular formula is C47H50N12O4S. The first-order valence-corrected chi connectivity index (χ1v) is 22.8. The van der Waals surface area contributed by atoms with E-state index in [1.165, 1.54) is 10.6 Å². The Hall–Kier alpha value is -6.59. The number of rotatable bonds is 12. The maximum absolute atomic E-state index is 14.3. The topological polar surface area (TPSA) is 193 Å². The summed E-state index contributed by atoms with van der Waals surface area (Å²) in [6.45, 7) is 9.34. The zero-order valence-corrected chi connectivity index (χ0v) is 36.9. The number of phenolic OH excluding ortho intramolecular Hbond substituents is 1. The number of hydrogen-bond acceptors (Lipinski definition) is 13. The van der Waals surface area contributed by atoms with Crippen molar-refractivity contribution in [3.8, 4) is 38.7 Å². The Morgan fingerprint density at radius 1 is 0.891 bits per heavy atom. The maximum Gasteiger partial charge on any atom is 0.248 e. The molecule has 1 aliphatic carbocycles. The molecule has 328 valence electrons. The average molecular weight is 879 g/mol. The van der Waals surface area contributed by atoms with Crippen LogP contribution in [0.3, 0.4) is 0 Å². The monoisotopic (exact) mass is 878 g/mol. The Bertz CT molecular complexity index is 2830. The lowest BCUT2D eigenvalue weighted by Gasteiger charge is -2.30. The van der Waals surface area contributed by atoms with Crippen LogP contribution in [0.15, 0.2) is 84.8 Å². The van der Waals surface area contributed by atoms with Gasteiger partial charge in [-0.1, -0.05) is 55.5 Å². The van der Waals surface area contributed by atoms with Gasteiger partial charge in [0.25, 0.3) is 0 Å². The number of carbonyl (C=O) groups is 2. The van der Waals surface area contributed by atoms with E-state index in [0.29, 0.717) is 34.5 Å². The highest BCUT2D eigenvalue weighted by molar-refractivity contribution is 7.13. The van der Waals surface area contributed by atoms with Gasteiger partial charge in [-0.25, -0.2) is 19.6 Å². The standard InChI is InChI=1S/C47H50N12O4S/c1-26(2)43(46(63)57-23-34(60)17-41(57)45(62)51-27(3)29-9-11-30(12-10-29)44-28(4)50-25-64-44)58-24-38(54-55-58)32-20-48-47(49-21-32)56-16-15-31(22-56)39-19-37-40(59(39)33-13-14-33)18-36(52-53-37)35-7-5-6-8-42(35)61/h5-12,18-21,24-27,31,33-34,41,43,60-61H,13-17,22-23H2,1-4H3,(H,51,62)/t27-,31-,34+,41-,43+/m0/s1. The predicted octanol–water partition coefficient (Wildman–Crippen LogP) is 6.65. The van der Waals surface area contributed by atoms with Crippen molar-refractivity contribution in [3.05, 3.63) is 102 Å². The third-order valence-electron chi connectivity index (χ3n) is 12.9. The minimum atomic E-state index is -0.840. The number of hydrogen-bond donors (Lipinski definition) is 3. The van der Waals surface area contributed by atoms with Crippen LogP contribution in [0.1, 0.15) is 87.4 Å². The smallest absolute Gasteiger partial charge is 0.248 e. The largest absolute Gasteiger partial charge is 0.507 e. The van der Waals surface area contributed by atoms with Crippen molar-refractivity contribution in [2.75, 3.05) is 24.5 Å². The van der Waals surface area contributed by atoms with Crippen molar-refractivity contribution in [3.63, 3.8) is 0 Å². The first kappa shape index (κ1) is 41.4. The number of amides is 2. The van der Waals surface area contributed by atoms with E-state index in [9.17, 15) is 19.8 Å². The van der Waals surface area contributed by atoms with Crippen LogP contribution in [-0.2, 0) is 9.59 Å². The van der Waals surface area contributed by atoms with Gasteiger partial charge in [0.2, 0.25) is 17.8 Å². The van der Waals surface area contributed by atoms with E-state index >= 15 is 0 Å². The van der Waals surface area contributed by atoms with Gasteiger partial charge in [0.1, 0.15) is 29.0 Å². The second-order valence-corrected chi connectivity index (χ2v) is 18.5. The average Bonchev–Trinajstić information content (AvgIpc) is 3.81. The zero-order chi connectivity index (χ0) is 44.2. The number of aromatic hydroxyl groups is 1. The van der Waals surface area contributed by atoms with E-state index in [1.807, 2.05) is 75.7 Å². The lowest BCUT2D eigenvalue weighted by molar-refractivity contribution is -0.142. The molecule has 2 saturated heterocycles. The molecule has 64 heavy (non-hydrogen) atoms. The Morgan fingerprint density at radius 3 is 2.39 bits per heavy atom. The van der Waals surface area contributed by atoms with E-state index in [0.717, 1.165) is 65.1 Å². The van der Waals surface area contributed by atoms with Gasteiger partial charge in [0, 0.05) is 67.2 Å². The maximum atomic E-state index is 14.3. The number of aromatic nitrogens is 9. The number of thiazole rings is 1. The molecule has 3 N–H and O–H groups in total. The Balaban J connectivity index is 0.807. The number of aliphatic hydroxyl groups excluding tert-OH is 1. The lowest BCUT2D eigenvalue weighted by Crippen LogP contribution is -2.49. The number of likely N-dealkylation sites (tertiary alicyclic amines) is 1. The van der Waals surface area contributed by atoms with Gasteiger partial charge in [-0.2, -0.15) is 0 Å². The number of phenols is 1. The molecule has 2 amide bonds. The molecule has 3 fully saturated rings. The number of nitrogens with zero attached hydrogens (tertiary/aromatic N) is 11. The number of para-hydroxylation sites is 1. The van der Waals surface area contributed by atoms with Crippen molar-refractivity contribution >= 4 is 40.1 Å². The van der Waals surface area contributed by atoms with Gasteiger partial charge < -0.3 is 29.9 Å². The fourth-order valence-corrected chi connectivity index (χ4v) is 10.1. The van der Waals surface area contributed by atoms with Crippen molar-refractivity contribution in [2.24, 2.45) is 5.92 Å². The van der Waals surface area contributed by atoms with Gasteiger partial charge in [-0.3, -0.25) is 9.59 Å². The van der Waals surface area contributed by atoms with Crippen molar-refractivity contribution in [1.82, 2.24) is 54.9 Å². The fourth-order valence-electron chi connectivity index (χ4n) is 9.33. The molecule has 16 nitrogen and oxygen atoms in total. The quantitative estimate of drug-likeness (QED) is 0.119. The van der Waals surface area contributed by atoms with Crippen LogP contribution < -0.4 is 10.2 Å². The highest BCUT2D eigenvalue weighted by atomic mass is 32.1. The van der Waals surface area contributed by atoms with Gasteiger partial charge in [-0.15, -0.1) is 26.6 Å². The summed E-state index contributed by atoms with van der Waals surface area (Å²) < 4.78 is 3.97. The van der Waals surface area contributed by atoms with Gasteiger partial charge >= 0.3 is 0 Å². The second-order valence-electron chi connectivity index (χ2n) is 17.7. The van der Waals surface area contributed by atoms with Crippen LogP contribution in [0.5, 0.6) is 5.75 Å². The van der Waals surface area contributed by atoms with Crippen LogP contribution >= 0.6 is 11.3 Å². The van der Waals surface area contributed by atoms with E-state index in [1.54, 1.807) is 46.7 Å². The summed E-state index contributed by atoms with van der Waals surface area (Å²) >= 11 is 1.59. The Labute approximate surface area is 374 Å². The summed E-state index contributed by atoms with van der Waals surface area (Å²) in [7, 11) is 0. The summed E-state index contributed by atoms with van der Waals surface area (Å²) in [6, 6.07) is 18.0. The molecule has 2 aromatic carbocycles. The minimum Gasteiger partial charge on any atom is -0.507 e. The van der Waals surface area contributed by atoms with Crippen LogP contribution in [0, 0.1) is 12.8 Å². The van der Waals surface area contributed by atoms with Gasteiger partial charge in [0.15, 0.2) is 0 Å². The third-order valence-corrected chi connectivity index (χ3v) is 13.8. The molecule has 7 heterocycles. The summed E-state index contributed by atoms with van der Waals surface area (Å²) in [6.07, 6.45) is 7.67. The first-order valence-electron chi connectivity index (χ1n) is 22.0. The number of aryl methyl sites for hydroxylation is 1. The predicted molar refractivity (Wildman–Crippen MR) is 242 cm³/mol. The summed E-state index contributed by atoms with van der Waals surface area (Å²) in [5, 5.41) is 42.2. The number of nitrogens with one attached hydrogen (secondary N) is 1. The van der Waals surface area contributed by atoms with Crippen molar-refractivity contribution < 1.29 is 19.8 Å². The first-order chi connectivity index (χ1) is 31.0. The molecule has 3 aliphatic rings. The van der Waals surface area contributed by atoms with E-state index in [-0.39, 0.29) is 48.4 Å². The minimum absolute atomic E-state index is 0.0448. The lowest BCUT2D eigenvalue weighted by atomic mass is 10.0. The van der Waals surface area contributed by atoms with Crippen LogP contribution in [0.25, 0.3) is 44.0 Å². The van der Waals surface area contributed by atoms with E-state index in [4.69, 9.17) is 9.97 Å². The van der Waals surface area contributed by atoms with Gasteiger partial charge in [-0.05, 0) is 74.4 Å². The number of fused-ring (bicyclic) bond motifs is 1. The molecule has 1 saturated carbocycles. The molecule has 0 spiro atoms. The zero-order valence-electron chi connectivity index (χ0n) is 36.1. The molecule has 2 aliphatic heterocycles. The molecule has 5 aromatic heterocycles. The molecule has 7 aromatic rings. The van der Waals surface area contributed by atoms with Crippen LogP contribution in [0.4, 0.5) is 5.95 Å². The highest BCUT2D eigenvalue weighted by Crippen LogP contribution is 2.44. The normalized spacial score (nSPS) is 19.8. The molecular weight excluding hydrogens is 829 g/mol. The summed E-state index contributed by atoms with van der Waals surface area (Å²) in [5.74, 6) is 0.231. The molecule has 17 heteroatoms. The molecule has 10 rings (SSSR count). The number of aliphatic hydroxyl groups is 1. The van der Waals surface area contributed by atoms with Crippen LogP contribution in [0.2, 0.25) is 0 Å². The highest BCUT2D eigenvalue weighted by Gasteiger charge is 2.43. The molecule has 0 radical (unpaired) electrons.